The van der Waals surface area contributed by atoms with Gasteiger partial charge < -0.3 is 10.1 Å². The third-order valence-electron chi connectivity index (χ3n) is 4.77. The fourth-order valence-corrected chi connectivity index (χ4v) is 4.50. The van der Waals surface area contributed by atoms with E-state index < -0.39 is 9.84 Å². The number of sulfone groups is 1. The van der Waals surface area contributed by atoms with Gasteiger partial charge in [0.25, 0.3) is 0 Å². The Kier molecular flexibility index (Phi) is 5.13. The molecule has 0 aliphatic carbocycles. The molecular weight excluding hydrogens is 403 g/mol. The number of anilines is 2. The van der Waals surface area contributed by atoms with Gasteiger partial charge in [-0.2, -0.15) is 0 Å². The summed E-state index contributed by atoms with van der Waals surface area (Å²) in [6.45, 7) is 1.89. The number of ether oxygens (including phenoxy) is 1. The van der Waals surface area contributed by atoms with E-state index in [2.05, 4.69) is 10.3 Å². The van der Waals surface area contributed by atoms with E-state index in [9.17, 15) is 12.8 Å². The Hall–Kier alpha value is -3.45. The molecule has 0 aliphatic heterocycles. The van der Waals surface area contributed by atoms with E-state index in [1.165, 1.54) is 25.4 Å². The third-order valence-corrected chi connectivity index (χ3v) is 6.56. The summed E-state index contributed by atoms with van der Waals surface area (Å²) in [5, 5.41) is 3.72. The van der Waals surface area contributed by atoms with Crippen molar-refractivity contribution >= 4 is 32.1 Å². The summed E-state index contributed by atoms with van der Waals surface area (Å²) in [6.07, 6.45) is 1.34. The Morgan fingerprint density at radius 1 is 0.967 bits per heavy atom. The van der Waals surface area contributed by atoms with E-state index in [4.69, 9.17) is 4.74 Å². The van der Waals surface area contributed by atoms with Crippen molar-refractivity contribution in [2.75, 3.05) is 12.4 Å². The van der Waals surface area contributed by atoms with Crippen molar-refractivity contribution in [3.05, 3.63) is 84.3 Å². The lowest BCUT2D eigenvalue weighted by Gasteiger charge is -2.16. The zero-order chi connectivity index (χ0) is 21.3. The van der Waals surface area contributed by atoms with E-state index in [-0.39, 0.29) is 15.6 Å². The number of benzene rings is 3. The Morgan fingerprint density at radius 2 is 1.67 bits per heavy atom. The molecule has 3 aromatic carbocycles. The lowest BCUT2D eigenvalue weighted by molar-refractivity contribution is 0.415. The van der Waals surface area contributed by atoms with Crippen LogP contribution in [0.15, 0.2) is 82.7 Å². The van der Waals surface area contributed by atoms with E-state index in [1.54, 1.807) is 54.6 Å². The molecule has 0 aliphatic rings. The monoisotopic (exact) mass is 422 g/mol. The summed E-state index contributed by atoms with van der Waals surface area (Å²) in [4.78, 5) is 4.54. The molecule has 0 radical (unpaired) electrons. The fraction of sp³-hybridized carbons (Fsp3) is 0.0870. The van der Waals surface area contributed by atoms with Gasteiger partial charge in [0.15, 0.2) is 0 Å². The maximum atomic E-state index is 13.4. The van der Waals surface area contributed by atoms with Crippen LogP contribution in [0.1, 0.15) is 5.56 Å². The number of hydrogen-bond donors (Lipinski definition) is 1. The molecule has 1 N–H and O–H groups in total. The van der Waals surface area contributed by atoms with Gasteiger partial charge in [0.05, 0.1) is 23.2 Å². The highest BCUT2D eigenvalue weighted by Gasteiger charge is 2.24. The molecule has 0 unspecified atom stereocenters. The molecule has 0 spiro atoms. The molecule has 1 aromatic heterocycles. The maximum absolute atomic E-state index is 13.4. The first kappa shape index (κ1) is 19.8. The summed E-state index contributed by atoms with van der Waals surface area (Å²) in [6, 6.07) is 17.6. The second-order valence-electron chi connectivity index (χ2n) is 6.83. The topological polar surface area (TPSA) is 68.3 Å². The van der Waals surface area contributed by atoms with Crippen molar-refractivity contribution in [2.45, 2.75) is 16.7 Å². The van der Waals surface area contributed by atoms with Crippen molar-refractivity contribution in [3.63, 3.8) is 0 Å². The number of aromatic nitrogens is 1. The van der Waals surface area contributed by atoms with Crippen LogP contribution in [-0.2, 0) is 9.84 Å². The van der Waals surface area contributed by atoms with Crippen LogP contribution in [0.2, 0.25) is 0 Å². The molecule has 5 nitrogen and oxygen atoms in total. The molecule has 1 heterocycles. The molecule has 7 heteroatoms. The van der Waals surface area contributed by atoms with Gasteiger partial charge in [-0.25, -0.2) is 12.8 Å². The number of pyridine rings is 1. The van der Waals surface area contributed by atoms with Gasteiger partial charge in [-0.3, -0.25) is 4.98 Å². The van der Waals surface area contributed by atoms with E-state index >= 15 is 0 Å². The Balaban J connectivity index is 1.96. The summed E-state index contributed by atoms with van der Waals surface area (Å²) in [5.41, 5.74) is 2.46. The van der Waals surface area contributed by atoms with E-state index in [1.807, 2.05) is 6.92 Å². The molecule has 30 heavy (non-hydrogen) atoms. The number of halogens is 1. The predicted molar refractivity (Wildman–Crippen MR) is 115 cm³/mol. The van der Waals surface area contributed by atoms with Crippen LogP contribution in [0.5, 0.6) is 5.75 Å². The maximum Gasteiger partial charge on any atom is 0.210 e. The molecule has 152 valence electrons. The summed E-state index contributed by atoms with van der Waals surface area (Å²) >= 11 is 0. The number of rotatable bonds is 5. The normalized spacial score (nSPS) is 11.4. The number of aryl methyl sites for hydroxylation is 1. The minimum absolute atomic E-state index is 0.0245. The number of methoxy groups -OCH3 is 1. The van der Waals surface area contributed by atoms with Crippen LogP contribution in [-0.4, -0.2) is 20.5 Å². The summed E-state index contributed by atoms with van der Waals surface area (Å²) < 4.78 is 45.5. The highest BCUT2D eigenvalue weighted by Crippen LogP contribution is 2.36. The number of fused-ring (bicyclic) bond motifs is 1. The lowest BCUT2D eigenvalue weighted by Crippen LogP contribution is -2.07. The van der Waals surface area contributed by atoms with Crippen molar-refractivity contribution in [2.24, 2.45) is 0 Å². The largest absolute Gasteiger partial charge is 0.497 e. The van der Waals surface area contributed by atoms with E-state index in [0.29, 0.717) is 28.0 Å². The highest BCUT2D eigenvalue weighted by molar-refractivity contribution is 7.91. The molecule has 0 atom stereocenters. The van der Waals surface area contributed by atoms with Crippen molar-refractivity contribution in [1.82, 2.24) is 4.98 Å². The molecule has 4 rings (SSSR count). The minimum Gasteiger partial charge on any atom is -0.497 e. The average molecular weight is 422 g/mol. The van der Waals surface area contributed by atoms with Gasteiger partial charge in [-0.05, 0) is 61.5 Å². The highest BCUT2D eigenvalue weighted by atomic mass is 32.2. The zero-order valence-corrected chi connectivity index (χ0v) is 17.2. The molecule has 4 aromatic rings. The third kappa shape index (κ3) is 3.71. The quantitative estimate of drug-likeness (QED) is 0.475. The standard InChI is InChI=1S/C23H19FN2O3S/c1-15-3-10-19(11-4-15)30(27,28)22-14-25-21-12-9-18(29-2)13-20(21)23(22)26-17-7-5-16(24)6-8-17/h3-14H,1-2H3,(H,25,26). The van der Waals surface area contributed by atoms with Crippen molar-refractivity contribution in [1.29, 1.82) is 0 Å². The van der Waals surface area contributed by atoms with E-state index in [0.717, 1.165) is 5.56 Å². The van der Waals surface area contributed by atoms with Gasteiger partial charge in [0, 0.05) is 17.3 Å². The van der Waals surface area contributed by atoms with Gasteiger partial charge >= 0.3 is 0 Å². The Labute approximate surface area is 174 Å². The molecular formula is C23H19FN2O3S. The van der Waals surface area contributed by atoms with Gasteiger partial charge in [-0.1, -0.05) is 17.7 Å². The van der Waals surface area contributed by atoms with Crippen LogP contribution < -0.4 is 10.1 Å². The molecule has 0 fully saturated rings. The smallest absolute Gasteiger partial charge is 0.210 e. The van der Waals surface area contributed by atoms with Crippen molar-refractivity contribution < 1.29 is 17.5 Å². The Morgan fingerprint density at radius 3 is 2.33 bits per heavy atom. The lowest BCUT2D eigenvalue weighted by atomic mass is 10.1. The van der Waals surface area contributed by atoms with Crippen molar-refractivity contribution in [3.8, 4) is 5.75 Å². The van der Waals surface area contributed by atoms with Gasteiger partial charge in [0.2, 0.25) is 9.84 Å². The SMILES string of the molecule is COc1ccc2ncc(S(=O)(=O)c3ccc(C)cc3)c(Nc3ccc(F)cc3)c2c1. The second-order valence-corrected chi connectivity index (χ2v) is 8.75. The van der Waals surface area contributed by atoms with Crippen LogP contribution in [0.4, 0.5) is 15.8 Å². The first-order valence-corrected chi connectivity index (χ1v) is 10.7. The van der Waals surface area contributed by atoms with Gasteiger partial charge in [-0.15, -0.1) is 0 Å². The molecule has 0 saturated carbocycles. The predicted octanol–water partition coefficient (Wildman–Crippen LogP) is 5.27. The fourth-order valence-electron chi connectivity index (χ4n) is 3.14. The zero-order valence-electron chi connectivity index (χ0n) is 16.4. The minimum atomic E-state index is -3.87. The molecule has 0 bridgehead atoms. The second kappa shape index (κ2) is 7.76. The first-order chi connectivity index (χ1) is 14.4. The van der Waals surface area contributed by atoms with Crippen LogP contribution >= 0.6 is 0 Å². The van der Waals surface area contributed by atoms with Gasteiger partial charge in [0.1, 0.15) is 16.5 Å². The molecule has 0 amide bonds. The number of nitrogens with one attached hydrogen (secondary N) is 1. The van der Waals surface area contributed by atoms with Crippen LogP contribution in [0.3, 0.4) is 0 Å². The summed E-state index contributed by atoms with van der Waals surface area (Å²) in [5.74, 6) is 0.186. The number of nitrogens with zero attached hydrogens (tertiary/aromatic N) is 1. The average Bonchev–Trinajstić information content (AvgIpc) is 2.75. The number of hydrogen-bond acceptors (Lipinski definition) is 5. The summed E-state index contributed by atoms with van der Waals surface area (Å²) in [7, 11) is -2.33. The Bertz CT molecular complexity index is 1320. The molecule has 0 saturated heterocycles. The first-order valence-electron chi connectivity index (χ1n) is 9.19. The van der Waals surface area contributed by atoms with Crippen LogP contribution in [0, 0.1) is 12.7 Å². The van der Waals surface area contributed by atoms with Crippen LogP contribution in [0.25, 0.3) is 10.9 Å².